The molecule has 0 N–H and O–H groups in total. The zero-order chi connectivity index (χ0) is 34.6. The van der Waals surface area contributed by atoms with Gasteiger partial charge in [-0.05, 0) is 88.8 Å². The molecule has 0 fully saturated rings. The molecule has 0 spiro atoms. The van der Waals surface area contributed by atoms with Gasteiger partial charge in [0.1, 0.15) is 0 Å². The zero-order valence-electron chi connectivity index (χ0n) is 27.7. The summed E-state index contributed by atoms with van der Waals surface area (Å²) in [5.74, 6) is -0.712. The van der Waals surface area contributed by atoms with Crippen molar-refractivity contribution in [1.82, 2.24) is 4.57 Å². The molecule has 240 valence electrons. The van der Waals surface area contributed by atoms with Gasteiger partial charge >= 0.3 is 0 Å². The van der Waals surface area contributed by atoms with Gasteiger partial charge in [-0.2, -0.15) is 5.26 Å². The first-order chi connectivity index (χ1) is 25.0. The third kappa shape index (κ3) is 4.77. The molecule has 0 radical (unpaired) electrons. The van der Waals surface area contributed by atoms with Crippen molar-refractivity contribution in [2.24, 2.45) is 0 Å². The Kier molecular flexibility index (Phi) is 6.98. The molecule has 51 heavy (non-hydrogen) atoms. The van der Waals surface area contributed by atoms with Crippen LogP contribution in [0.4, 0.5) is 5.69 Å². The number of carbonyl (C=O) groups is 2. The maximum absolute atomic E-state index is 14.8. The summed E-state index contributed by atoms with van der Waals surface area (Å²) in [6.45, 7) is 2.01. The van der Waals surface area contributed by atoms with Crippen LogP contribution < -0.4 is 4.90 Å². The number of benzene rings is 7. The molecule has 5 nitrogen and oxygen atoms in total. The third-order valence-corrected chi connectivity index (χ3v) is 9.90. The summed E-state index contributed by atoms with van der Waals surface area (Å²) in [7, 11) is 0. The van der Waals surface area contributed by atoms with E-state index in [1.54, 1.807) is 6.07 Å². The number of carbonyl (C=O) groups excluding carboxylic acids is 2. The molecule has 9 rings (SSSR count). The Bertz CT molecular complexity index is 2760. The van der Waals surface area contributed by atoms with Crippen molar-refractivity contribution in [2.75, 3.05) is 4.90 Å². The molecule has 0 aliphatic carbocycles. The summed E-state index contributed by atoms with van der Waals surface area (Å²) in [6.07, 6.45) is 0. The first kappa shape index (κ1) is 30.1. The summed E-state index contributed by atoms with van der Waals surface area (Å²) >= 11 is 0. The van der Waals surface area contributed by atoms with Crippen LogP contribution in [-0.4, -0.2) is 16.4 Å². The van der Waals surface area contributed by atoms with Crippen molar-refractivity contribution < 1.29 is 9.59 Å². The first-order valence-electron chi connectivity index (χ1n) is 16.8. The van der Waals surface area contributed by atoms with Crippen molar-refractivity contribution in [2.45, 2.75) is 6.92 Å². The van der Waals surface area contributed by atoms with E-state index in [1.165, 1.54) is 4.90 Å². The minimum atomic E-state index is -0.361. The summed E-state index contributed by atoms with van der Waals surface area (Å²) in [4.78, 5) is 30.5. The molecule has 1 aliphatic rings. The van der Waals surface area contributed by atoms with Gasteiger partial charge in [0.05, 0.1) is 45.2 Å². The van der Waals surface area contributed by atoms with Crippen LogP contribution in [0.15, 0.2) is 158 Å². The van der Waals surface area contributed by atoms with Crippen LogP contribution in [0.5, 0.6) is 0 Å². The van der Waals surface area contributed by atoms with Crippen LogP contribution in [0.2, 0.25) is 0 Å². The van der Waals surface area contributed by atoms with Gasteiger partial charge in [0.2, 0.25) is 0 Å². The van der Waals surface area contributed by atoms with Crippen molar-refractivity contribution in [1.29, 1.82) is 5.26 Å². The number of aryl methyl sites for hydroxylation is 1. The molecule has 0 atom stereocenters. The van der Waals surface area contributed by atoms with Crippen LogP contribution in [0.1, 0.15) is 31.8 Å². The number of anilines is 1. The van der Waals surface area contributed by atoms with Crippen LogP contribution in [0.25, 0.3) is 60.9 Å². The van der Waals surface area contributed by atoms with Gasteiger partial charge in [-0.3, -0.25) is 9.59 Å². The number of imide groups is 1. The predicted octanol–water partition coefficient (Wildman–Crippen LogP) is 10.8. The van der Waals surface area contributed by atoms with E-state index in [4.69, 9.17) is 0 Å². The maximum Gasteiger partial charge on any atom is 0.268 e. The molecule has 2 heterocycles. The van der Waals surface area contributed by atoms with E-state index >= 15 is 0 Å². The molecule has 0 unspecified atom stereocenters. The lowest BCUT2D eigenvalue weighted by Gasteiger charge is -2.20. The largest absolute Gasteiger partial charge is 0.308 e. The Hall–Kier alpha value is -7.03. The average molecular weight is 656 g/mol. The molecular formula is C46H29N3O2. The SMILES string of the molecule is Cc1cc(C#N)ccc1-c1ccc2c3ccccc3n(-c3cccc4c3C(=O)N(c3ccc(-c5ccccc5)cc3-c3ccccc3)C4=O)c2c1. The van der Waals surface area contributed by atoms with Gasteiger partial charge in [0.15, 0.2) is 0 Å². The summed E-state index contributed by atoms with van der Waals surface area (Å²) in [5.41, 5.74) is 11.2. The van der Waals surface area contributed by atoms with Gasteiger partial charge < -0.3 is 4.57 Å². The minimum absolute atomic E-state index is 0.351. The number of rotatable bonds is 5. The number of hydrogen-bond donors (Lipinski definition) is 0. The van der Waals surface area contributed by atoms with Crippen LogP contribution in [-0.2, 0) is 0 Å². The number of fused-ring (bicyclic) bond motifs is 4. The number of aromatic nitrogens is 1. The lowest BCUT2D eigenvalue weighted by molar-refractivity contribution is 0.0926. The third-order valence-electron chi connectivity index (χ3n) is 9.90. The maximum atomic E-state index is 14.8. The lowest BCUT2D eigenvalue weighted by atomic mass is 9.97. The van der Waals surface area contributed by atoms with Crippen LogP contribution in [0, 0.1) is 18.3 Å². The second-order valence-corrected chi connectivity index (χ2v) is 12.8. The number of nitriles is 1. The fraction of sp³-hybridized carbons (Fsp3) is 0.0217. The van der Waals surface area contributed by atoms with E-state index in [1.807, 2.05) is 110 Å². The van der Waals surface area contributed by atoms with Crippen LogP contribution >= 0.6 is 0 Å². The van der Waals surface area contributed by atoms with Crippen molar-refractivity contribution >= 4 is 39.3 Å². The lowest BCUT2D eigenvalue weighted by Crippen LogP contribution is -2.30. The Morgan fingerprint density at radius 3 is 1.96 bits per heavy atom. The monoisotopic (exact) mass is 655 g/mol. The molecule has 7 aromatic carbocycles. The van der Waals surface area contributed by atoms with Gasteiger partial charge in [-0.1, -0.05) is 109 Å². The smallest absolute Gasteiger partial charge is 0.268 e. The molecule has 0 saturated heterocycles. The minimum Gasteiger partial charge on any atom is -0.308 e. The molecule has 1 aromatic heterocycles. The van der Waals surface area contributed by atoms with Crippen molar-refractivity contribution in [3.63, 3.8) is 0 Å². The Balaban J connectivity index is 1.23. The van der Waals surface area contributed by atoms with E-state index in [2.05, 4.69) is 59.2 Å². The molecule has 1 aliphatic heterocycles. The average Bonchev–Trinajstić information content (AvgIpc) is 3.65. The van der Waals surface area contributed by atoms with Crippen LogP contribution in [0.3, 0.4) is 0 Å². The van der Waals surface area contributed by atoms with Gasteiger partial charge in [-0.15, -0.1) is 0 Å². The molecule has 2 amide bonds. The molecule has 0 bridgehead atoms. The second-order valence-electron chi connectivity index (χ2n) is 12.8. The highest BCUT2D eigenvalue weighted by Gasteiger charge is 2.40. The Morgan fingerprint density at radius 2 is 1.20 bits per heavy atom. The predicted molar refractivity (Wildman–Crippen MR) is 204 cm³/mol. The normalized spacial score (nSPS) is 12.4. The van der Waals surface area contributed by atoms with E-state index in [-0.39, 0.29) is 11.8 Å². The number of para-hydroxylation sites is 1. The van der Waals surface area contributed by atoms with Crippen molar-refractivity contribution in [3.8, 4) is 45.1 Å². The van der Waals surface area contributed by atoms with E-state index in [0.29, 0.717) is 28.1 Å². The highest BCUT2D eigenvalue weighted by molar-refractivity contribution is 6.36. The first-order valence-corrected chi connectivity index (χ1v) is 16.8. The topological polar surface area (TPSA) is 66.1 Å². The Morgan fingerprint density at radius 1 is 0.490 bits per heavy atom. The van der Waals surface area contributed by atoms with Gasteiger partial charge in [0, 0.05) is 16.3 Å². The fourth-order valence-corrected chi connectivity index (χ4v) is 7.52. The number of amides is 2. The van der Waals surface area contributed by atoms with E-state index < -0.39 is 0 Å². The van der Waals surface area contributed by atoms with Crippen molar-refractivity contribution in [3.05, 3.63) is 180 Å². The van der Waals surface area contributed by atoms with E-state index in [0.717, 1.165) is 60.8 Å². The molecule has 5 heteroatoms. The standard InChI is InChI=1S/C46H29N3O2/c1-29-25-30(28-47)19-22-35(29)34-20-23-37-36-15-8-9-17-40(36)48(43(37)27-34)42-18-10-16-38-44(42)46(51)49(45(38)50)41-24-21-33(31-11-4-2-5-12-31)26-39(41)32-13-6-3-7-14-32/h2-27H,1H3. The Labute approximate surface area is 294 Å². The molecule has 0 saturated carbocycles. The number of nitrogens with zero attached hydrogens (tertiary/aromatic N) is 3. The summed E-state index contributed by atoms with van der Waals surface area (Å²) < 4.78 is 2.11. The second kappa shape index (κ2) is 11.8. The zero-order valence-corrected chi connectivity index (χ0v) is 27.7. The number of hydrogen-bond acceptors (Lipinski definition) is 3. The highest BCUT2D eigenvalue weighted by Crippen LogP contribution is 2.42. The fourth-order valence-electron chi connectivity index (χ4n) is 7.52. The summed E-state index contributed by atoms with van der Waals surface area (Å²) in [5, 5.41) is 11.5. The quantitative estimate of drug-likeness (QED) is 0.173. The van der Waals surface area contributed by atoms with E-state index in [9.17, 15) is 14.9 Å². The highest BCUT2D eigenvalue weighted by atomic mass is 16.2. The summed E-state index contributed by atoms with van der Waals surface area (Å²) in [6, 6.07) is 53.9. The van der Waals surface area contributed by atoms with Gasteiger partial charge in [-0.25, -0.2) is 4.90 Å². The molecule has 8 aromatic rings. The van der Waals surface area contributed by atoms with Gasteiger partial charge in [0.25, 0.3) is 11.8 Å². The molecular weight excluding hydrogens is 627 g/mol.